The van der Waals surface area contributed by atoms with E-state index in [4.69, 9.17) is 0 Å². The number of hydrogen-bond donors (Lipinski definition) is 1. The molecule has 146 valence electrons. The highest BCUT2D eigenvalue weighted by Crippen LogP contribution is 2.23. The summed E-state index contributed by atoms with van der Waals surface area (Å²) in [5, 5.41) is 7.65. The van der Waals surface area contributed by atoms with Crippen molar-refractivity contribution in [3.05, 3.63) is 76.6 Å². The van der Waals surface area contributed by atoms with E-state index in [1.54, 1.807) is 0 Å². The molecule has 0 aliphatic rings. The van der Waals surface area contributed by atoms with Gasteiger partial charge in [0.1, 0.15) is 0 Å². The summed E-state index contributed by atoms with van der Waals surface area (Å²) in [7, 11) is 1.95. The number of hydrogen-bond acceptors (Lipinski definition) is 3. The zero-order chi connectivity index (χ0) is 20.3. The fourth-order valence-electron chi connectivity index (χ4n) is 3.25. The van der Waals surface area contributed by atoms with Gasteiger partial charge in [0.2, 0.25) is 5.91 Å². The first-order chi connectivity index (χ1) is 13.3. The summed E-state index contributed by atoms with van der Waals surface area (Å²) in [5.74, 6) is -0.0377. The predicted molar refractivity (Wildman–Crippen MR) is 114 cm³/mol. The van der Waals surface area contributed by atoms with Gasteiger partial charge in [-0.2, -0.15) is 5.10 Å². The van der Waals surface area contributed by atoms with Crippen LogP contribution in [0.2, 0.25) is 0 Å². The van der Waals surface area contributed by atoms with E-state index in [1.807, 2.05) is 42.6 Å². The van der Waals surface area contributed by atoms with Crippen molar-refractivity contribution in [1.82, 2.24) is 14.7 Å². The Kier molecular flexibility index (Phi) is 5.95. The van der Waals surface area contributed by atoms with Crippen molar-refractivity contribution in [1.29, 1.82) is 0 Å². The molecule has 1 heterocycles. The topological polar surface area (TPSA) is 50.2 Å². The number of aromatic nitrogens is 2. The number of carbonyl (C=O) groups is 1. The molecular weight excluding hydrogens is 348 g/mol. The van der Waals surface area contributed by atoms with Crippen LogP contribution in [0.5, 0.6) is 0 Å². The second-order valence-corrected chi connectivity index (χ2v) is 7.50. The molecule has 3 rings (SSSR count). The lowest BCUT2D eigenvalue weighted by Gasteiger charge is -2.16. The number of aryl methyl sites for hydroxylation is 3. The maximum atomic E-state index is 12.6. The predicted octanol–water partition coefficient (Wildman–Crippen LogP) is 4.18. The molecule has 3 aromatic rings. The van der Waals surface area contributed by atoms with Crippen LogP contribution in [0, 0.1) is 27.7 Å². The Labute approximate surface area is 167 Å². The molecule has 0 aliphatic carbocycles. The number of rotatable bonds is 6. The summed E-state index contributed by atoms with van der Waals surface area (Å²) in [6.07, 6.45) is 0. The van der Waals surface area contributed by atoms with Crippen molar-refractivity contribution in [2.24, 2.45) is 0 Å². The second-order valence-electron chi connectivity index (χ2n) is 7.50. The Hall–Kier alpha value is -2.92. The fraction of sp³-hybridized carbons (Fsp3) is 0.304. The number of amides is 1. The summed E-state index contributed by atoms with van der Waals surface area (Å²) < 4.78 is 1.88. The first-order valence-corrected chi connectivity index (χ1v) is 9.50. The van der Waals surface area contributed by atoms with Gasteiger partial charge in [0.25, 0.3) is 0 Å². The third kappa shape index (κ3) is 4.67. The molecule has 0 fully saturated rings. The molecular formula is C23H28N4O. The summed E-state index contributed by atoms with van der Waals surface area (Å²) in [6, 6.07) is 16.6. The van der Waals surface area contributed by atoms with E-state index in [2.05, 4.69) is 60.7 Å². The van der Waals surface area contributed by atoms with Crippen LogP contribution in [0.1, 0.15) is 28.1 Å². The molecule has 0 saturated carbocycles. The molecule has 0 unspecified atom stereocenters. The van der Waals surface area contributed by atoms with Gasteiger partial charge in [0.15, 0.2) is 0 Å². The van der Waals surface area contributed by atoms with Crippen LogP contribution in [0.3, 0.4) is 0 Å². The minimum absolute atomic E-state index is 0.0377. The summed E-state index contributed by atoms with van der Waals surface area (Å²) >= 11 is 0. The Morgan fingerprint density at radius 3 is 2.14 bits per heavy atom. The van der Waals surface area contributed by atoms with E-state index in [0.29, 0.717) is 6.54 Å². The van der Waals surface area contributed by atoms with Crippen molar-refractivity contribution < 1.29 is 4.79 Å². The second kappa shape index (κ2) is 8.40. The monoisotopic (exact) mass is 376 g/mol. The first kappa shape index (κ1) is 19.8. The van der Waals surface area contributed by atoms with Crippen LogP contribution in [0.4, 0.5) is 5.69 Å². The van der Waals surface area contributed by atoms with Gasteiger partial charge in [-0.3, -0.25) is 9.69 Å². The molecule has 0 saturated heterocycles. The smallest absolute Gasteiger partial charge is 0.238 e. The lowest BCUT2D eigenvalue weighted by atomic mass is 10.1. The molecule has 1 aromatic heterocycles. The van der Waals surface area contributed by atoms with Gasteiger partial charge in [-0.15, -0.1) is 0 Å². The van der Waals surface area contributed by atoms with Crippen LogP contribution in [-0.2, 0) is 11.3 Å². The van der Waals surface area contributed by atoms with E-state index < -0.39 is 0 Å². The van der Waals surface area contributed by atoms with E-state index in [9.17, 15) is 4.79 Å². The van der Waals surface area contributed by atoms with Crippen LogP contribution in [-0.4, -0.2) is 34.2 Å². The Morgan fingerprint density at radius 2 is 1.54 bits per heavy atom. The molecule has 0 radical (unpaired) electrons. The van der Waals surface area contributed by atoms with Gasteiger partial charge in [-0.25, -0.2) is 4.68 Å². The van der Waals surface area contributed by atoms with Crippen molar-refractivity contribution in [3.8, 4) is 5.69 Å². The average molecular weight is 377 g/mol. The van der Waals surface area contributed by atoms with Gasteiger partial charge in [-0.05, 0) is 52.4 Å². The Bertz CT molecular complexity index is 956. The van der Waals surface area contributed by atoms with E-state index >= 15 is 0 Å². The third-order valence-electron chi connectivity index (χ3n) is 4.82. The summed E-state index contributed by atoms with van der Waals surface area (Å²) in [4.78, 5) is 14.6. The molecule has 5 nitrogen and oxygen atoms in total. The lowest BCUT2D eigenvalue weighted by molar-refractivity contribution is -0.117. The van der Waals surface area contributed by atoms with Crippen molar-refractivity contribution in [2.75, 3.05) is 18.9 Å². The zero-order valence-corrected chi connectivity index (χ0v) is 17.3. The van der Waals surface area contributed by atoms with Gasteiger partial charge in [0.05, 0.1) is 29.3 Å². The molecule has 0 atom stereocenters. The molecule has 1 N–H and O–H groups in total. The highest BCUT2D eigenvalue weighted by Gasteiger charge is 2.16. The molecule has 1 amide bonds. The summed E-state index contributed by atoms with van der Waals surface area (Å²) in [5.41, 5.74) is 7.15. The molecule has 0 spiro atoms. The molecule has 0 bridgehead atoms. The highest BCUT2D eigenvalue weighted by atomic mass is 16.2. The van der Waals surface area contributed by atoms with Crippen molar-refractivity contribution in [2.45, 2.75) is 34.2 Å². The van der Waals surface area contributed by atoms with Crippen LogP contribution < -0.4 is 5.32 Å². The van der Waals surface area contributed by atoms with Gasteiger partial charge < -0.3 is 5.32 Å². The maximum Gasteiger partial charge on any atom is 0.238 e. The van der Waals surface area contributed by atoms with Crippen LogP contribution in [0.25, 0.3) is 5.69 Å². The summed E-state index contributed by atoms with van der Waals surface area (Å²) in [6.45, 7) is 9.08. The normalized spacial score (nSPS) is 11.1. The van der Waals surface area contributed by atoms with Crippen molar-refractivity contribution >= 4 is 11.6 Å². The van der Waals surface area contributed by atoms with E-state index in [1.165, 1.54) is 16.7 Å². The zero-order valence-electron chi connectivity index (χ0n) is 17.3. The number of nitrogens with zero attached hydrogens (tertiary/aromatic N) is 3. The van der Waals surface area contributed by atoms with Crippen LogP contribution >= 0.6 is 0 Å². The third-order valence-corrected chi connectivity index (χ3v) is 4.82. The Morgan fingerprint density at radius 1 is 0.964 bits per heavy atom. The first-order valence-electron chi connectivity index (χ1n) is 9.50. The quantitative estimate of drug-likeness (QED) is 0.702. The average Bonchev–Trinajstić information content (AvgIpc) is 2.92. The lowest BCUT2D eigenvalue weighted by Crippen LogP contribution is -2.30. The number of likely N-dealkylation sites (N-methyl/N-ethyl adjacent to an activating group) is 1. The molecule has 28 heavy (non-hydrogen) atoms. The van der Waals surface area contributed by atoms with Gasteiger partial charge in [0, 0.05) is 6.54 Å². The van der Waals surface area contributed by atoms with Gasteiger partial charge >= 0.3 is 0 Å². The number of anilines is 1. The molecule has 5 heteroatoms. The SMILES string of the molecule is Cc1ccc(CN(C)CC(=O)Nc2c(C)nn(-c3ccc(C)cc3)c2C)cc1. The Balaban J connectivity index is 1.66. The van der Waals surface area contributed by atoms with E-state index in [0.717, 1.165) is 29.3 Å². The highest BCUT2D eigenvalue weighted by molar-refractivity contribution is 5.93. The minimum Gasteiger partial charge on any atom is -0.322 e. The fourth-order valence-corrected chi connectivity index (χ4v) is 3.25. The van der Waals surface area contributed by atoms with Crippen molar-refractivity contribution in [3.63, 3.8) is 0 Å². The van der Waals surface area contributed by atoms with E-state index in [-0.39, 0.29) is 5.91 Å². The molecule has 0 aliphatic heterocycles. The number of carbonyl (C=O) groups excluding carboxylic acids is 1. The standard InChI is InChI=1S/C23H28N4O/c1-16-6-10-20(11-7-16)14-26(5)15-22(28)24-23-18(3)25-27(19(23)4)21-12-8-17(2)9-13-21/h6-13H,14-15H2,1-5H3,(H,24,28). The largest absolute Gasteiger partial charge is 0.322 e. The molecule has 2 aromatic carbocycles. The maximum absolute atomic E-state index is 12.6. The minimum atomic E-state index is -0.0377. The van der Waals surface area contributed by atoms with Crippen LogP contribution in [0.15, 0.2) is 48.5 Å². The van der Waals surface area contributed by atoms with Gasteiger partial charge in [-0.1, -0.05) is 47.5 Å². The number of nitrogens with one attached hydrogen (secondary N) is 1. The number of benzene rings is 2.